The highest BCUT2D eigenvalue weighted by Gasteiger charge is 2.16. The summed E-state index contributed by atoms with van der Waals surface area (Å²) in [6, 6.07) is 5.96. The van der Waals surface area contributed by atoms with E-state index in [-0.39, 0.29) is 18.6 Å². The van der Waals surface area contributed by atoms with Crippen LogP contribution < -0.4 is 5.32 Å². The van der Waals surface area contributed by atoms with Crippen LogP contribution in [0.25, 0.3) is 0 Å². The first-order valence-corrected chi connectivity index (χ1v) is 7.38. The van der Waals surface area contributed by atoms with Gasteiger partial charge in [-0.2, -0.15) is 0 Å². The highest BCUT2D eigenvalue weighted by atomic mass is 79.9. The smallest absolute Gasteiger partial charge is 0.224 e. The first kappa shape index (κ1) is 16.2. The zero-order chi connectivity index (χ0) is 14.4. The molecule has 0 aliphatic carbocycles. The second-order valence-corrected chi connectivity index (χ2v) is 6.09. The van der Waals surface area contributed by atoms with Crippen molar-refractivity contribution >= 4 is 21.8 Å². The van der Waals surface area contributed by atoms with E-state index >= 15 is 0 Å². The van der Waals surface area contributed by atoms with Gasteiger partial charge in [0.15, 0.2) is 0 Å². The fourth-order valence-corrected chi connectivity index (χ4v) is 2.48. The van der Waals surface area contributed by atoms with Crippen LogP contribution in [-0.2, 0) is 11.2 Å². The van der Waals surface area contributed by atoms with Crippen molar-refractivity contribution in [3.63, 3.8) is 0 Å². The van der Waals surface area contributed by atoms with E-state index in [0.29, 0.717) is 18.8 Å². The minimum absolute atomic E-state index is 0.0116. The van der Waals surface area contributed by atoms with Gasteiger partial charge in [-0.15, -0.1) is 0 Å². The third kappa shape index (κ3) is 5.33. The summed E-state index contributed by atoms with van der Waals surface area (Å²) in [5.41, 5.74) is 2.14. The Morgan fingerprint density at radius 1 is 1.42 bits per heavy atom. The molecule has 1 aromatic rings. The molecule has 2 N–H and O–H groups in total. The summed E-state index contributed by atoms with van der Waals surface area (Å²) in [7, 11) is 0. The number of benzene rings is 1. The van der Waals surface area contributed by atoms with Crippen molar-refractivity contribution in [1.29, 1.82) is 0 Å². The topological polar surface area (TPSA) is 49.3 Å². The van der Waals surface area contributed by atoms with Gasteiger partial charge in [0.1, 0.15) is 0 Å². The molecule has 0 spiro atoms. The number of amides is 1. The number of nitrogens with one attached hydrogen (secondary N) is 1. The number of aliphatic hydroxyl groups is 1. The number of aryl methyl sites for hydroxylation is 1. The summed E-state index contributed by atoms with van der Waals surface area (Å²) in [6.07, 6.45) is 0.983. The zero-order valence-electron chi connectivity index (χ0n) is 11.7. The van der Waals surface area contributed by atoms with Gasteiger partial charge in [-0.1, -0.05) is 35.8 Å². The van der Waals surface area contributed by atoms with Gasteiger partial charge >= 0.3 is 0 Å². The largest absolute Gasteiger partial charge is 0.396 e. The number of halogens is 1. The molecule has 1 rings (SSSR count). The third-order valence-corrected chi connectivity index (χ3v) is 3.74. The Hall–Kier alpha value is -0.870. The van der Waals surface area contributed by atoms with Crippen molar-refractivity contribution in [2.45, 2.75) is 39.7 Å². The monoisotopic (exact) mass is 327 g/mol. The molecular formula is C15H22BrNO2. The van der Waals surface area contributed by atoms with Crippen molar-refractivity contribution in [3.8, 4) is 0 Å². The quantitative estimate of drug-likeness (QED) is 0.844. The van der Waals surface area contributed by atoms with E-state index in [4.69, 9.17) is 5.11 Å². The molecule has 0 fully saturated rings. The fourth-order valence-electron chi connectivity index (χ4n) is 2.00. The molecule has 4 heteroatoms. The summed E-state index contributed by atoms with van der Waals surface area (Å²) >= 11 is 3.41. The summed E-state index contributed by atoms with van der Waals surface area (Å²) in [4.78, 5) is 12.0. The van der Waals surface area contributed by atoms with Crippen LogP contribution in [-0.4, -0.2) is 23.7 Å². The van der Waals surface area contributed by atoms with Gasteiger partial charge in [0.25, 0.3) is 0 Å². The molecule has 0 heterocycles. The van der Waals surface area contributed by atoms with E-state index in [1.54, 1.807) is 0 Å². The maximum atomic E-state index is 12.0. The Balaban J connectivity index is 2.63. The second-order valence-electron chi connectivity index (χ2n) is 5.18. The molecule has 3 nitrogen and oxygen atoms in total. The molecule has 0 saturated heterocycles. The Morgan fingerprint density at radius 3 is 2.63 bits per heavy atom. The van der Waals surface area contributed by atoms with E-state index in [2.05, 4.69) is 21.2 Å². The van der Waals surface area contributed by atoms with E-state index in [1.165, 1.54) is 0 Å². The lowest BCUT2D eigenvalue weighted by Gasteiger charge is -2.21. The van der Waals surface area contributed by atoms with E-state index in [0.717, 1.165) is 15.6 Å². The molecule has 0 aliphatic rings. The highest BCUT2D eigenvalue weighted by Crippen LogP contribution is 2.16. The summed E-state index contributed by atoms with van der Waals surface area (Å²) < 4.78 is 1.02. The molecule has 0 aromatic heterocycles. The van der Waals surface area contributed by atoms with Gasteiger partial charge in [0.05, 0.1) is 6.42 Å². The third-order valence-electron chi connectivity index (χ3n) is 3.25. The molecule has 1 amide bonds. The highest BCUT2D eigenvalue weighted by molar-refractivity contribution is 9.10. The molecule has 0 aliphatic heterocycles. The number of rotatable bonds is 6. The lowest BCUT2D eigenvalue weighted by atomic mass is 10.00. The molecule has 0 radical (unpaired) electrons. The Labute approximate surface area is 123 Å². The van der Waals surface area contributed by atoms with E-state index in [9.17, 15) is 4.79 Å². The van der Waals surface area contributed by atoms with Crippen molar-refractivity contribution in [2.24, 2.45) is 5.92 Å². The molecule has 1 unspecified atom stereocenters. The first-order valence-electron chi connectivity index (χ1n) is 6.59. The SMILES string of the molecule is Cc1cc(Br)ccc1CC(=O)NC(CCO)C(C)C. The predicted molar refractivity (Wildman–Crippen MR) is 81.1 cm³/mol. The van der Waals surface area contributed by atoms with Crippen molar-refractivity contribution in [2.75, 3.05) is 6.61 Å². The molecule has 106 valence electrons. The molecule has 1 atom stereocenters. The Bertz CT molecular complexity index is 432. The second kappa shape index (κ2) is 7.65. The first-order chi connectivity index (χ1) is 8.93. The van der Waals surface area contributed by atoms with Crippen molar-refractivity contribution in [3.05, 3.63) is 33.8 Å². The van der Waals surface area contributed by atoms with Crippen LogP contribution >= 0.6 is 15.9 Å². The molecule has 1 aromatic carbocycles. The van der Waals surface area contributed by atoms with Crippen molar-refractivity contribution < 1.29 is 9.90 Å². The Morgan fingerprint density at radius 2 is 2.11 bits per heavy atom. The number of carbonyl (C=O) groups excluding carboxylic acids is 1. The van der Waals surface area contributed by atoms with Crippen LogP contribution in [0, 0.1) is 12.8 Å². The number of hydrogen-bond donors (Lipinski definition) is 2. The zero-order valence-corrected chi connectivity index (χ0v) is 13.3. The normalized spacial score (nSPS) is 12.5. The van der Waals surface area contributed by atoms with Crippen molar-refractivity contribution in [1.82, 2.24) is 5.32 Å². The standard InChI is InChI=1S/C15H22BrNO2/c1-10(2)14(6-7-18)17-15(19)9-12-4-5-13(16)8-11(12)3/h4-5,8,10,14,18H,6-7,9H2,1-3H3,(H,17,19). The molecule has 0 saturated carbocycles. The van der Waals surface area contributed by atoms with Crippen LogP contribution in [0.4, 0.5) is 0 Å². The van der Waals surface area contributed by atoms with Crippen LogP contribution in [0.1, 0.15) is 31.4 Å². The van der Waals surface area contributed by atoms with Gasteiger partial charge in [-0.3, -0.25) is 4.79 Å². The summed E-state index contributed by atoms with van der Waals surface area (Å²) in [5, 5.41) is 12.0. The van der Waals surface area contributed by atoms with Gasteiger partial charge in [-0.05, 0) is 42.5 Å². The average molecular weight is 328 g/mol. The minimum atomic E-state index is 0.0116. The number of hydrogen-bond acceptors (Lipinski definition) is 2. The van der Waals surface area contributed by atoms with Crippen LogP contribution in [0.5, 0.6) is 0 Å². The van der Waals surface area contributed by atoms with Gasteiger partial charge in [0.2, 0.25) is 5.91 Å². The predicted octanol–water partition coefficient (Wildman–Crippen LogP) is 2.82. The van der Waals surface area contributed by atoms with Crippen LogP contribution in [0.15, 0.2) is 22.7 Å². The van der Waals surface area contributed by atoms with Crippen LogP contribution in [0.3, 0.4) is 0 Å². The maximum absolute atomic E-state index is 12.0. The lowest BCUT2D eigenvalue weighted by Crippen LogP contribution is -2.40. The van der Waals surface area contributed by atoms with Gasteiger partial charge in [0, 0.05) is 17.1 Å². The van der Waals surface area contributed by atoms with E-state index < -0.39 is 0 Å². The van der Waals surface area contributed by atoms with Gasteiger partial charge in [-0.25, -0.2) is 0 Å². The maximum Gasteiger partial charge on any atom is 0.224 e. The summed E-state index contributed by atoms with van der Waals surface area (Å²) in [6.45, 7) is 6.19. The number of aliphatic hydroxyl groups excluding tert-OH is 1. The number of carbonyl (C=O) groups is 1. The fraction of sp³-hybridized carbons (Fsp3) is 0.533. The lowest BCUT2D eigenvalue weighted by molar-refractivity contribution is -0.121. The minimum Gasteiger partial charge on any atom is -0.396 e. The Kier molecular flexibility index (Phi) is 6.52. The van der Waals surface area contributed by atoms with Gasteiger partial charge < -0.3 is 10.4 Å². The molecular weight excluding hydrogens is 306 g/mol. The molecule has 0 bridgehead atoms. The average Bonchev–Trinajstić information content (AvgIpc) is 2.32. The summed E-state index contributed by atoms with van der Waals surface area (Å²) in [5.74, 6) is 0.333. The molecule has 19 heavy (non-hydrogen) atoms. The van der Waals surface area contributed by atoms with Crippen LogP contribution in [0.2, 0.25) is 0 Å². The van der Waals surface area contributed by atoms with E-state index in [1.807, 2.05) is 39.0 Å².